The van der Waals surface area contributed by atoms with Crippen molar-refractivity contribution in [1.82, 2.24) is 5.16 Å². The van der Waals surface area contributed by atoms with Crippen molar-refractivity contribution >= 4 is 5.69 Å². The van der Waals surface area contributed by atoms with Gasteiger partial charge in [-0.3, -0.25) is 0 Å². The molecule has 3 nitrogen and oxygen atoms in total. The zero-order chi connectivity index (χ0) is 6.85. The Hall–Kier alpha value is -0.990. The van der Waals surface area contributed by atoms with E-state index in [4.69, 9.17) is 4.52 Å². The van der Waals surface area contributed by atoms with E-state index in [1.807, 2.05) is 20.9 Å². The van der Waals surface area contributed by atoms with Crippen molar-refractivity contribution in [1.29, 1.82) is 0 Å². The molecule has 50 valence electrons. The zero-order valence-electron chi connectivity index (χ0n) is 5.86. The summed E-state index contributed by atoms with van der Waals surface area (Å²) >= 11 is 0. The lowest BCUT2D eigenvalue weighted by Crippen LogP contribution is -1.89. The van der Waals surface area contributed by atoms with Crippen molar-refractivity contribution in [2.24, 2.45) is 0 Å². The summed E-state index contributed by atoms with van der Waals surface area (Å²) < 4.78 is 4.87. The summed E-state index contributed by atoms with van der Waals surface area (Å²) in [7, 11) is 1.85. The molecule has 9 heavy (non-hydrogen) atoms. The quantitative estimate of drug-likeness (QED) is 0.617. The lowest BCUT2D eigenvalue weighted by Gasteiger charge is -1.93. The number of rotatable bonds is 1. The highest BCUT2D eigenvalue weighted by Gasteiger charge is 2.04. The third-order valence-corrected chi connectivity index (χ3v) is 1.28. The predicted molar refractivity (Wildman–Crippen MR) is 35.5 cm³/mol. The second-order valence-corrected chi connectivity index (χ2v) is 1.95. The van der Waals surface area contributed by atoms with Gasteiger partial charge in [0.15, 0.2) is 5.76 Å². The molecule has 3 heteroatoms. The predicted octanol–water partition coefficient (Wildman–Crippen LogP) is 1.33. The van der Waals surface area contributed by atoms with Crippen LogP contribution >= 0.6 is 0 Å². The van der Waals surface area contributed by atoms with Gasteiger partial charge < -0.3 is 9.84 Å². The highest BCUT2D eigenvalue weighted by atomic mass is 16.5. The van der Waals surface area contributed by atoms with Gasteiger partial charge in [0, 0.05) is 7.05 Å². The molecule has 0 aliphatic carbocycles. The van der Waals surface area contributed by atoms with Gasteiger partial charge >= 0.3 is 0 Å². The summed E-state index contributed by atoms with van der Waals surface area (Å²) in [6.45, 7) is 3.79. The van der Waals surface area contributed by atoms with Crippen LogP contribution in [0.1, 0.15) is 11.5 Å². The Labute approximate surface area is 54.0 Å². The molecule has 0 saturated carbocycles. The highest BCUT2D eigenvalue weighted by Crippen LogP contribution is 2.16. The summed E-state index contributed by atoms with van der Waals surface area (Å²) in [5, 5.41) is 6.74. The molecule has 0 bridgehead atoms. The Bertz CT molecular complexity index is 185. The van der Waals surface area contributed by atoms with Crippen molar-refractivity contribution in [3.05, 3.63) is 11.5 Å². The Morgan fingerprint density at radius 3 is 2.33 bits per heavy atom. The lowest BCUT2D eigenvalue weighted by molar-refractivity contribution is 0.393. The fraction of sp³-hybridized carbons (Fsp3) is 0.500. The van der Waals surface area contributed by atoms with E-state index in [0.29, 0.717) is 0 Å². The average Bonchev–Trinajstić information content (AvgIpc) is 2.12. The van der Waals surface area contributed by atoms with Gasteiger partial charge in [0.2, 0.25) is 0 Å². The van der Waals surface area contributed by atoms with E-state index in [0.717, 1.165) is 17.1 Å². The van der Waals surface area contributed by atoms with Crippen LogP contribution in [0.25, 0.3) is 0 Å². The topological polar surface area (TPSA) is 38.1 Å². The molecule has 0 aliphatic rings. The summed E-state index contributed by atoms with van der Waals surface area (Å²) in [6.07, 6.45) is 0. The number of nitrogens with one attached hydrogen (secondary N) is 1. The standard InChI is InChI=1S/C6H10N2O/c1-4-6(7-3)5(2)9-8-4/h7H,1-3H3. The minimum atomic E-state index is 0.843. The second kappa shape index (κ2) is 2.09. The average molecular weight is 126 g/mol. The van der Waals surface area contributed by atoms with E-state index in [1.54, 1.807) is 0 Å². The zero-order valence-corrected chi connectivity index (χ0v) is 5.86. The van der Waals surface area contributed by atoms with Crippen LogP contribution in [0.2, 0.25) is 0 Å². The van der Waals surface area contributed by atoms with Gasteiger partial charge in [-0.15, -0.1) is 0 Å². The van der Waals surface area contributed by atoms with Gasteiger partial charge in [-0.25, -0.2) is 0 Å². The third-order valence-electron chi connectivity index (χ3n) is 1.28. The smallest absolute Gasteiger partial charge is 0.156 e. The van der Waals surface area contributed by atoms with Crippen molar-refractivity contribution < 1.29 is 4.52 Å². The van der Waals surface area contributed by atoms with Gasteiger partial charge in [-0.05, 0) is 13.8 Å². The fourth-order valence-corrected chi connectivity index (χ4v) is 0.840. The molecule has 0 amide bonds. The molecule has 1 rings (SSSR count). The first-order chi connectivity index (χ1) is 4.25. The van der Waals surface area contributed by atoms with Gasteiger partial charge in [0.1, 0.15) is 11.4 Å². The van der Waals surface area contributed by atoms with E-state index in [9.17, 15) is 0 Å². The minimum Gasteiger partial charge on any atom is -0.384 e. The van der Waals surface area contributed by atoms with Crippen LogP contribution in [-0.2, 0) is 0 Å². The van der Waals surface area contributed by atoms with Crippen LogP contribution in [0, 0.1) is 13.8 Å². The number of anilines is 1. The van der Waals surface area contributed by atoms with Crippen LogP contribution < -0.4 is 5.32 Å². The molecule has 0 unspecified atom stereocenters. The highest BCUT2D eigenvalue weighted by molar-refractivity contribution is 5.48. The largest absolute Gasteiger partial charge is 0.384 e. The maximum atomic E-state index is 4.87. The molecule has 1 N–H and O–H groups in total. The number of hydrogen-bond acceptors (Lipinski definition) is 3. The Morgan fingerprint density at radius 2 is 2.11 bits per heavy atom. The van der Waals surface area contributed by atoms with Gasteiger partial charge in [0.25, 0.3) is 0 Å². The lowest BCUT2D eigenvalue weighted by atomic mass is 10.3. The van der Waals surface area contributed by atoms with Crippen LogP contribution in [0.5, 0.6) is 0 Å². The van der Waals surface area contributed by atoms with Crippen LogP contribution in [0.4, 0.5) is 5.69 Å². The van der Waals surface area contributed by atoms with Gasteiger partial charge in [0.05, 0.1) is 0 Å². The molecule has 0 saturated heterocycles. The Morgan fingerprint density at radius 1 is 1.44 bits per heavy atom. The number of aryl methyl sites for hydroxylation is 2. The van der Waals surface area contributed by atoms with Gasteiger partial charge in [-0.2, -0.15) is 0 Å². The molecule has 1 heterocycles. The third kappa shape index (κ3) is 0.896. The molecule has 0 atom stereocenters. The molecule has 0 spiro atoms. The number of aromatic nitrogens is 1. The summed E-state index contributed by atoms with van der Waals surface area (Å²) in [5.41, 5.74) is 1.91. The second-order valence-electron chi connectivity index (χ2n) is 1.95. The van der Waals surface area contributed by atoms with E-state index in [-0.39, 0.29) is 0 Å². The van der Waals surface area contributed by atoms with E-state index in [2.05, 4.69) is 10.5 Å². The van der Waals surface area contributed by atoms with Crippen molar-refractivity contribution in [2.75, 3.05) is 12.4 Å². The first-order valence-corrected chi connectivity index (χ1v) is 2.86. The van der Waals surface area contributed by atoms with Crippen molar-refractivity contribution in [3.63, 3.8) is 0 Å². The van der Waals surface area contributed by atoms with E-state index >= 15 is 0 Å². The summed E-state index contributed by atoms with van der Waals surface area (Å²) in [4.78, 5) is 0. The molecule has 0 aromatic carbocycles. The number of nitrogens with zero attached hydrogens (tertiary/aromatic N) is 1. The van der Waals surface area contributed by atoms with Gasteiger partial charge in [-0.1, -0.05) is 5.16 Å². The molecule has 0 aliphatic heterocycles. The summed E-state index contributed by atoms with van der Waals surface area (Å²) in [6, 6.07) is 0. The molecule has 0 fully saturated rings. The van der Waals surface area contributed by atoms with Crippen molar-refractivity contribution in [3.8, 4) is 0 Å². The first-order valence-electron chi connectivity index (χ1n) is 2.86. The first kappa shape index (κ1) is 6.13. The Balaban J connectivity index is 3.07. The fourth-order valence-electron chi connectivity index (χ4n) is 0.840. The molecular weight excluding hydrogens is 116 g/mol. The van der Waals surface area contributed by atoms with E-state index < -0.39 is 0 Å². The molecule has 0 radical (unpaired) electrons. The number of hydrogen-bond donors (Lipinski definition) is 1. The van der Waals surface area contributed by atoms with Crippen molar-refractivity contribution in [2.45, 2.75) is 13.8 Å². The minimum absolute atomic E-state index is 0.843. The van der Waals surface area contributed by atoms with E-state index in [1.165, 1.54) is 0 Å². The maximum absolute atomic E-state index is 4.87. The van der Waals surface area contributed by atoms with Crippen LogP contribution in [0.3, 0.4) is 0 Å². The monoisotopic (exact) mass is 126 g/mol. The molecule has 1 aromatic heterocycles. The normalized spacial score (nSPS) is 9.67. The SMILES string of the molecule is CNc1c(C)noc1C. The molecule has 1 aromatic rings. The Kier molecular flexibility index (Phi) is 1.42. The summed E-state index contributed by atoms with van der Waals surface area (Å²) in [5.74, 6) is 0.843. The van der Waals surface area contributed by atoms with Crippen LogP contribution in [-0.4, -0.2) is 12.2 Å². The molecular formula is C6H10N2O. The maximum Gasteiger partial charge on any atom is 0.156 e. The van der Waals surface area contributed by atoms with Crippen LogP contribution in [0.15, 0.2) is 4.52 Å².